The molecule has 3 saturated heterocycles. The van der Waals surface area contributed by atoms with Crippen LogP contribution in [-0.2, 0) is 19.4 Å². The maximum Gasteiger partial charge on any atom is 0.407 e. The van der Waals surface area contributed by atoms with E-state index >= 15 is 0 Å². The molecule has 0 bridgehead atoms. The Morgan fingerprint density at radius 3 is 2.60 bits per heavy atom. The van der Waals surface area contributed by atoms with Crippen molar-refractivity contribution in [3.63, 3.8) is 0 Å². The highest BCUT2D eigenvalue weighted by Crippen LogP contribution is 2.40. The zero-order valence-electron chi connectivity index (χ0n) is 23.7. The van der Waals surface area contributed by atoms with Crippen LogP contribution in [0.5, 0.6) is 0 Å². The van der Waals surface area contributed by atoms with Crippen LogP contribution in [-0.4, -0.2) is 101 Å². The van der Waals surface area contributed by atoms with Crippen LogP contribution < -0.4 is 10.6 Å². The van der Waals surface area contributed by atoms with E-state index in [0.717, 1.165) is 30.0 Å². The molecule has 224 valence electrons. The molecule has 3 aliphatic heterocycles. The van der Waals surface area contributed by atoms with E-state index in [1.807, 2.05) is 62.9 Å². The van der Waals surface area contributed by atoms with E-state index in [1.54, 1.807) is 6.92 Å². The minimum Gasteiger partial charge on any atom is -0.445 e. The molecule has 7 atom stereocenters. The lowest BCUT2D eigenvalue weighted by atomic mass is 9.89. The van der Waals surface area contributed by atoms with Crippen molar-refractivity contribution in [3.05, 3.63) is 30.3 Å². The summed E-state index contributed by atoms with van der Waals surface area (Å²) >= 11 is 3.44. The summed E-state index contributed by atoms with van der Waals surface area (Å²) in [6.07, 6.45) is -0.327. The first-order chi connectivity index (χ1) is 18.8. The van der Waals surface area contributed by atoms with Crippen LogP contribution in [0.1, 0.15) is 47.0 Å². The second kappa shape index (κ2) is 13.2. The molecule has 12 heteroatoms. The van der Waals surface area contributed by atoms with Gasteiger partial charge in [-0.1, -0.05) is 18.2 Å². The largest absolute Gasteiger partial charge is 0.445 e. The molecule has 0 saturated carbocycles. The fraction of sp³-hybridized carbons (Fsp3) is 0.714. The van der Waals surface area contributed by atoms with Gasteiger partial charge in [0, 0.05) is 34.5 Å². The number of hydrogen-bond donors (Lipinski definition) is 3. The molecule has 3 heterocycles. The predicted molar refractivity (Wildman–Crippen MR) is 160 cm³/mol. The van der Waals surface area contributed by atoms with E-state index in [9.17, 15) is 23.1 Å². The Balaban J connectivity index is 1.46. The van der Waals surface area contributed by atoms with Gasteiger partial charge in [-0.15, -0.1) is 11.8 Å². The minimum absolute atomic E-state index is 0.00451. The summed E-state index contributed by atoms with van der Waals surface area (Å²) in [7, 11) is -3.27. The van der Waals surface area contributed by atoms with E-state index in [2.05, 4.69) is 15.5 Å². The fourth-order valence-electron chi connectivity index (χ4n) is 5.62. The number of rotatable bonds is 9. The molecule has 3 N–H and O–H groups in total. The number of alkyl carbamates (subject to hydrolysis) is 1. The van der Waals surface area contributed by atoms with Gasteiger partial charge in [0.15, 0.2) is 9.84 Å². The molecule has 3 fully saturated rings. The number of nitrogens with one attached hydrogen (secondary N) is 2. The molecule has 1 aromatic rings. The van der Waals surface area contributed by atoms with E-state index in [1.165, 1.54) is 11.8 Å². The van der Waals surface area contributed by atoms with Crippen molar-refractivity contribution in [2.45, 2.75) is 92.2 Å². The molecule has 2 amide bonds. The van der Waals surface area contributed by atoms with Crippen molar-refractivity contribution in [1.29, 1.82) is 0 Å². The SMILES string of the molecule is C[C@@H]1C(OC(=O)N[C@@H](CSc2ccccc2)[C@H](O)CN2C[C@H]3CCS[C@H]3C[C@H]2C(=O)NC(C)(C)C)CCS1(=O)=O. The molecular weight excluding hydrogens is 571 g/mol. The normalized spacial score (nSPS) is 29.8. The molecule has 4 rings (SSSR count). The maximum atomic E-state index is 13.3. The van der Waals surface area contributed by atoms with Crippen LogP contribution in [0.4, 0.5) is 4.79 Å². The standard InChI is InChI=1S/C28H43N3O6S3/c1-18-24(11-13-40(18,35)36)37-27(34)29-21(17-39-20-8-6-5-7-9-20)23(32)16-31-15-19-10-12-38-25(19)14-22(31)26(33)30-28(2,3)4/h5-9,18-19,21-25,32H,10-17H2,1-4H3,(H,29,34)(H,30,33)/t18-,19-,21+,22+,23-,24?,25+/m1/s1. The molecule has 1 aromatic carbocycles. The smallest absolute Gasteiger partial charge is 0.407 e. The molecule has 40 heavy (non-hydrogen) atoms. The number of amides is 2. The first kappa shape index (κ1) is 31.5. The molecule has 0 aromatic heterocycles. The Morgan fingerprint density at radius 2 is 1.95 bits per heavy atom. The minimum atomic E-state index is -3.27. The number of benzene rings is 1. The number of ether oxygens (including phenoxy) is 1. The summed E-state index contributed by atoms with van der Waals surface area (Å²) in [6, 6.07) is 8.68. The quantitative estimate of drug-likeness (QED) is 0.361. The summed E-state index contributed by atoms with van der Waals surface area (Å²) in [5.41, 5.74) is -0.369. The maximum absolute atomic E-state index is 13.3. The summed E-state index contributed by atoms with van der Waals surface area (Å²) < 4.78 is 29.8. The number of carbonyl (C=O) groups excluding carboxylic acids is 2. The van der Waals surface area contributed by atoms with Crippen LogP contribution in [0.3, 0.4) is 0 Å². The number of nitrogens with zero attached hydrogens (tertiary/aromatic N) is 1. The van der Waals surface area contributed by atoms with Gasteiger partial charge in [-0.05, 0) is 70.8 Å². The summed E-state index contributed by atoms with van der Waals surface area (Å²) in [4.78, 5) is 29.3. The van der Waals surface area contributed by atoms with Crippen molar-refractivity contribution in [1.82, 2.24) is 15.5 Å². The molecule has 0 radical (unpaired) electrons. The van der Waals surface area contributed by atoms with Gasteiger partial charge in [0.1, 0.15) is 6.10 Å². The number of carbonyl (C=O) groups is 2. The number of sulfone groups is 1. The lowest BCUT2D eigenvalue weighted by molar-refractivity contribution is -0.130. The molecule has 9 nitrogen and oxygen atoms in total. The topological polar surface area (TPSA) is 125 Å². The number of aliphatic hydroxyl groups is 1. The number of thioether (sulfide) groups is 2. The first-order valence-corrected chi connectivity index (χ1v) is 17.8. The van der Waals surface area contributed by atoms with Gasteiger partial charge in [-0.3, -0.25) is 9.69 Å². The molecule has 3 aliphatic rings. The van der Waals surface area contributed by atoms with Crippen LogP contribution in [0.2, 0.25) is 0 Å². The Hall–Kier alpha value is -1.47. The van der Waals surface area contributed by atoms with Crippen molar-refractivity contribution in [2.75, 3.05) is 30.3 Å². The third-order valence-corrected chi connectivity index (χ3v) is 12.8. The molecular formula is C28H43N3O6S3. The average molecular weight is 614 g/mol. The second-order valence-electron chi connectivity index (χ2n) is 12.1. The monoisotopic (exact) mass is 613 g/mol. The zero-order valence-corrected chi connectivity index (χ0v) is 26.2. The lowest BCUT2D eigenvalue weighted by Crippen LogP contribution is -2.60. The van der Waals surface area contributed by atoms with Crippen LogP contribution in [0.25, 0.3) is 0 Å². The van der Waals surface area contributed by atoms with E-state index < -0.39 is 39.4 Å². The molecule has 0 aliphatic carbocycles. The number of aliphatic hydroxyl groups excluding tert-OH is 1. The Morgan fingerprint density at radius 1 is 1.23 bits per heavy atom. The summed E-state index contributed by atoms with van der Waals surface area (Å²) in [6.45, 7) is 8.39. The van der Waals surface area contributed by atoms with Crippen LogP contribution in [0.15, 0.2) is 35.2 Å². The van der Waals surface area contributed by atoms with E-state index in [0.29, 0.717) is 16.9 Å². The van der Waals surface area contributed by atoms with Gasteiger partial charge >= 0.3 is 6.09 Å². The highest BCUT2D eigenvalue weighted by atomic mass is 32.2. The third-order valence-electron chi connectivity index (χ3n) is 7.91. The number of hydrogen-bond acceptors (Lipinski definition) is 9. The van der Waals surface area contributed by atoms with Gasteiger partial charge < -0.3 is 20.5 Å². The first-order valence-electron chi connectivity index (χ1n) is 14.0. The fourth-order valence-corrected chi connectivity index (χ4v) is 9.78. The number of β-amino-alcohol motifs (C(OH)–C–C–N with tert-alkyl or cyclic N) is 1. The number of fused-ring (bicyclic) bond motifs is 1. The van der Waals surface area contributed by atoms with Crippen LogP contribution in [0, 0.1) is 5.92 Å². The Kier molecular flexibility index (Phi) is 10.4. The highest BCUT2D eigenvalue weighted by Gasteiger charge is 2.44. The van der Waals surface area contributed by atoms with Crippen molar-refractivity contribution < 1.29 is 27.9 Å². The average Bonchev–Trinajstić information content (AvgIpc) is 3.44. The lowest BCUT2D eigenvalue weighted by Gasteiger charge is -2.43. The highest BCUT2D eigenvalue weighted by molar-refractivity contribution is 8.00. The Bertz CT molecular complexity index is 1130. The van der Waals surface area contributed by atoms with Crippen molar-refractivity contribution >= 4 is 45.4 Å². The van der Waals surface area contributed by atoms with Gasteiger partial charge in [0.2, 0.25) is 5.91 Å². The molecule has 0 spiro atoms. The van der Waals surface area contributed by atoms with Crippen molar-refractivity contribution in [2.24, 2.45) is 5.92 Å². The van der Waals surface area contributed by atoms with Gasteiger partial charge in [0.25, 0.3) is 0 Å². The number of piperidine rings is 1. The zero-order chi connectivity index (χ0) is 29.1. The van der Waals surface area contributed by atoms with Gasteiger partial charge in [-0.2, -0.15) is 11.8 Å². The summed E-state index contributed by atoms with van der Waals surface area (Å²) in [5.74, 6) is 1.89. The van der Waals surface area contributed by atoms with E-state index in [4.69, 9.17) is 4.74 Å². The van der Waals surface area contributed by atoms with Gasteiger partial charge in [-0.25, -0.2) is 13.2 Å². The van der Waals surface area contributed by atoms with Crippen molar-refractivity contribution in [3.8, 4) is 0 Å². The number of likely N-dealkylation sites (tertiary alicyclic amines) is 1. The Labute approximate surface area is 246 Å². The molecule has 1 unspecified atom stereocenters. The summed E-state index contributed by atoms with van der Waals surface area (Å²) in [5, 5.41) is 17.1. The van der Waals surface area contributed by atoms with E-state index in [-0.39, 0.29) is 36.2 Å². The van der Waals surface area contributed by atoms with Crippen LogP contribution >= 0.6 is 23.5 Å². The predicted octanol–water partition coefficient (Wildman–Crippen LogP) is 2.92. The third kappa shape index (κ3) is 8.30. The van der Waals surface area contributed by atoms with Gasteiger partial charge in [0.05, 0.1) is 29.2 Å². The second-order valence-corrected chi connectivity index (χ2v) is 17.1.